The number of aromatic amines is 1. The maximum absolute atomic E-state index is 13.2. The van der Waals surface area contributed by atoms with Crippen LogP contribution in [0.3, 0.4) is 0 Å². The van der Waals surface area contributed by atoms with E-state index in [1.54, 1.807) is 0 Å². The van der Waals surface area contributed by atoms with Gasteiger partial charge in [0, 0.05) is 18.3 Å². The summed E-state index contributed by atoms with van der Waals surface area (Å²) in [5.41, 5.74) is -3.86. The standard InChI is InChI=1S/C18H20F3N3O3/c1-2-3-4-7-10-22-16(26)24-11-13(15(25)23-17(24)27)12-8-5-6-9-14(12)18(19,20)21/h5-6,8-9,11H,2-4,7,10H2,1H3,(H,22,26)(H,23,25,27). The van der Waals surface area contributed by atoms with E-state index in [0.717, 1.165) is 37.6 Å². The fraction of sp³-hybridized carbons (Fsp3) is 0.389. The van der Waals surface area contributed by atoms with E-state index in [0.29, 0.717) is 17.5 Å². The molecule has 1 aromatic heterocycles. The molecule has 0 atom stereocenters. The van der Waals surface area contributed by atoms with Gasteiger partial charge in [0.2, 0.25) is 0 Å². The predicted molar refractivity (Wildman–Crippen MR) is 94.7 cm³/mol. The van der Waals surface area contributed by atoms with Gasteiger partial charge in [-0.1, -0.05) is 44.4 Å². The number of hydrogen-bond acceptors (Lipinski definition) is 3. The van der Waals surface area contributed by atoms with Gasteiger partial charge < -0.3 is 5.32 Å². The highest BCUT2D eigenvalue weighted by Gasteiger charge is 2.34. The molecule has 0 spiro atoms. The average molecular weight is 383 g/mol. The zero-order valence-electron chi connectivity index (χ0n) is 14.7. The fourth-order valence-electron chi connectivity index (χ4n) is 2.61. The van der Waals surface area contributed by atoms with Crippen LogP contribution in [-0.4, -0.2) is 22.1 Å². The van der Waals surface area contributed by atoms with Gasteiger partial charge in [0.15, 0.2) is 0 Å². The van der Waals surface area contributed by atoms with E-state index in [1.165, 1.54) is 12.1 Å². The number of H-pyrrole nitrogens is 1. The zero-order valence-corrected chi connectivity index (χ0v) is 14.7. The van der Waals surface area contributed by atoms with Gasteiger partial charge in [-0.2, -0.15) is 13.2 Å². The molecule has 27 heavy (non-hydrogen) atoms. The lowest BCUT2D eigenvalue weighted by Gasteiger charge is -2.13. The molecule has 0 aliphatic carbocycles. The van der Waals surface area contributed by atoms with Gasteiger partial charge in [0.05, 0.1) is 11.1 Å². The van der Waals surface area contributed by atoms with Crippen LogP contribution < -0.4 is 16.6 Å². The molecule has 0 saturated heterocycles. The number of rotatable bonds is 6. The van der Waals surface area contributed by atoms with Crippen LogP contribution in [0.15, 0.2) is 40.1 Å². The van der Waals surface area contributed by atoms with Gasteiger partial charge in [0.1, 0.15) is 0 Å². The number of nitrogens with one attached hydrogen (secondary N) is 2. The highest BCUT2D eigenvalue weighted by molar-refractivity contribution is 5.78. The maximum Gasteiger partial charge on any atom is 0.417 e. The second kappa shape index (κ2) is 8.70. The van der Waals surface area contributed by atoms with Crippen molar-refractivity contribution in [1.29, 1.82) is 0 Å². The van der Waals surface area contributed by atoms with Gasteiger partial charge in [-0.3, -0.25) is 9.78 Å². The summed E-state index contributed by atoms with van der Waals surface area (Å²) in [6, 6.07) is 3.67. The molecule has 0 radical (unpaired) electrons. The van der Waals surface area contributed by atoms with E-state index in [1.807, 2.05) is 11.9 Å². The topological polar surface area (TPSA) is 84.0 Å². The largest absolute Gasteiger partial charge is 0.417 e. The Morgan fingerprint density at radius 3 is 2.48 bits per heavy atom. The summed E-state index contributed by atoms with van der Waals surface area (Å²) < 4.78 is 40.2. The molecule has 9 heteroatoms. The molecule has 1 amide bonds. The Balaban J connectivity index is 2.36. The molecule has 0 unspecified atom stereocenters. The summed E-state index contributed by atoms with van der Waals surface area (Å²) in [4.78, 5) is 38.0. The molecule has 2 aromatic rings. The number of unbranched alkanes of at least 4 members (excludes halogenated alkanes) is 3. The molecule has 0 bridgehead atoms. The van der Waals surface area contributed by atoms with Crippen LogP contribution >= 0.6 is 0 Å². The van der Waals surface area contributed by atoms with Crippen molar-refractivity contribution in [3.63, 3.8) is 0 Å². The van der Waals surface area contributed by atoms with Crippen molar-refractivity contribution in [2.24, 2.45) is 0 Å². The van der Waals surface area contributed by atoms with Crippen molar-refractivity contribution in [1.82, 2.24) is 14.9 Å². The summed E-state index contributed by atoms with van der Waals surface area (Å²) in [5.74, 6) is 0. The third kappa shape index (κ3) is 5.08. The summed E-state index contributed by atoms with van der Waals surface area (Å²) in [6.07, 6.45) is -0.205. The molecule has 2 N–H and O–H groups in total. The van der Waals surface area contributed by atoms with Crippen molar-refractivity contribution in [2.75, 3.05) is 6.54 Å². The van der Waals surface area contributed by atoms with Crippen molar-refractivity contribution < 1.29 is 18.0 Å². The molecule has 0 fully saturated rings. The van der Waals surface area contributed by atoms with E-state index in [9.17, 15) is 27.6 Å². The zero-order chi connectivity index (χ0) is 20.0. The van der Waals surface area contributed by atoms with Crippen molar-refractivity contribution >= 4 is 6.03 Å². The molecule has 6 nitrogen and oxygen atoms in total. The number of carbonyl (C=O) groups is 1. The first-order valence-corrected chi connectivity index (χ1v) is 8.56. The first-order valence-electron chi connectivity index (χ1n) is 8.56. The summed E-state index contributed by atoms with van der Waals surface area (Å²) in [6.45, 7) is 2.36. The van der Waals surface area contributed by atoms with Crippen molar-refractivity contribution in [3.05, 3.63) is 56.9 Å². The minimum Gasteiger partial charge on any atom is -0.337 e. The number of hydrogen-bond donors (Lipinski definition) is 2. The lowest BCUT2D eigenvalue weighted by molar-refractivity contribution is -0.137. The normalized spacial score (nSPS) is 11.4. The molecule has 0 saturated carbocycles. The molecular formula is C18H20F3N3O3. The minimum absolute atomic E-state index is 0.318. The highest BCUT2D eigenvalue weighted by Crippen LogP contribution is 2.35. The van der Waals surface area contributed by atoms with Crippen LogP contribution in [0.5, 0.6) is 0 Å². The highest BCUT2D eigenvalue weighted by atomic mass is 19.4. The lowest BCUT2D eigenvalue weighted by atomic mass is 10.0. The lowest BCUT2D eigenvalue weighted by Crippen LogP contribution is -2.40. The van der Waals surface area contributed by atoms with Crippen molar-refractivity contribution in [2.45, 2.75) is 38.8 Å². The van der Waals surface area contributed by atoms with Gasteiger partial charge in [-0.05, 0) is 12.5 Å². The Hall–Kier alpha value is -2.84. The van der Waals surface area contributed by atoms with Gasteiger partial charge >= 0.3 is 17.9 Å². The Morgan fingerprint density at radius 2 is 1.81 bits per heavy atom. The molecule has 1 heterocycles. The van der Waals surface area contributed by atoms with Crippen LogP contribution in [0.1, 0.15) is 38.2 Å². The van der Waals surface area contributed by atoms with E-state index in [2.05, 4.69) is 5.32 Å². The van der Waals surface area contributed by atoms with Crippen LogP contribution in [0.4, 0.5) is 18.0 Å². The molecule has 0 aliphatic rings. The predicted octanol–water partition coefficient (Wildman–Crippen LogP) is 3.36. The Bertz CT molecular complexity index is 916. The molecule has 0 aliphatic heterocycles. The molecule has 146 valence electrons. The summed E-state index contributed by atoms with van der Waals surface area (Å²) in [7, 11) is 0. The third-order valence-corrected chi connectivity index (χ3v) is 3.99. The Labute approximate surface area is 153 Å². The minimum atomic E-state index is -4.69. The third-order valence-electron chi connectivity index (χ3n) is 3.99. The SMILES string of the molecule is CCCCCCNC(=O)n1cc(-c2ccccc2C(F)(F)F)c(=O)[nH]c1=O. The number of amides is 1. The van der Waals surface area contributed by atoms with Crippen molar-refractivity contribution in [3.8, 4) is 11.1 Å². The van der Waals surface area contributed by atoms with Crippen LogP contribution in [0, 0.1) is 0 Å². The average Bonchev–Trinajstić information content (AvgIpc) is 2.61. The smallest absolute Gasteiger partial charge is 0.337 e. The van der Waals surface area contributed by atoms with Crippen LogP contribution in [-0.2, 0) is 6.18 Å². The molecule has 2 rings (SSSR count). The first-order chi connectivity index (χ1) is 12.8. The van der Waals surface area contributed by atoms with Crippen LogP contribution in [0.2, 0.25) is 0 Å². The van der Waals surface area contributed by atoms with Gasteiger partial charge in [-0.15, -0.1) is 0 Å². The van der Waals surface area contributed by atoms with E-state index >= 15 is 0 Å². The second-order valence-corrected chi connectivity index (χ2v) is 6.01. The number of alkyl halides is 3. The number of carbonyl (C=O) groups excluding carboxylic acids is 1. The fourth-order valence-corrected chi connectivity index (χ4v) is 2.61. The Kier molecular flexibility index (Phi) is 6.59. The maximum atomic E-state index is 13.2. The van der Waals surface area contributed by atoms with Gasteiger partial charge in [0.25, 0.3) is 5.56 Å². The number of nitrogens with zero attached hydrogens (tertiary/aromatic N) is 1. The quantitative estimate of drug-likeness (QED) is 0.751. The monoisotopic (exact) mass is 383 g/mol. The van der Waals surface area contributed by atoms with E-state index in [4.69, 9.17) is 0 Å². The Morgan fingerprint density at radius 1 is 1.11 bits per heavy atom. The first kappa shape index (κ1) is 20.5. The number of benzene rings is 1. The number of aromatic nitrogens is 2. The van der Waals surface area contributed by atoms with E-state index < -0.39 is 40.1 Å². The summed E-state index contributed by atoms with van der Waals surface area (Å²) in [5, 5.41) is 2.52. The molecular weight excluding hydrogens is 363 g/mol. The molecule has 1 aromatic carbocycles. The second-order valence-electron chi connectivity index (χ2n) is 6.01. The number of halogens is 3. The van der Waals surface area contributed by atoms with Crippen LogP contribution in [0.25, 0.3) is 11.1 Å². The van der Waals surface area contributed by atoms with E-state index in [-0.39, 0.29) is 0 Å². The summed E-state index contributed by atoms with van der Waals surface area (Å²) >= 11 is 0. The van der Waals surface area contributed by atoms with Gasteiger partial charge in [-0.25, -0.2) is 14.2 Å².